The molecule has 0 unspecified atom stereocenters. The zero-order chi connectivity index (χ0) is 14.8. The van der Waals surface area contributed by atoms with Crippen molar-refractivity contribution >= 4 is 34.5 Å². The third-order valence-corrected chi connectivity index (χ3v) is 6.27. The third kappa shape index (κ3) is 2.82. The maximum Gasteiger partial charge on any atom is 0.361 e. The molecule has 0 saturated heterocycles. The maximum absolute atomic E-state index is 12.8. The van der Waals surface area contributed by atoms with Gasteiger partial charge in [-0.05, 0) is 32.9 Å². The molecule has 0 atom stereocenters. The van der Waals surface area contributed by atoms with Crippen molar-refractivity contribution < 1.29 is 18.2 Å². The van der Waals surface area contributed by atoms with E-state index in [0.717, 1.165) is 11.2 Å². The molecular weight excluding hydrogens is 293 g/mol. The molecule has 20 heavy (non-hydrogen) atoms. The Hall–Kier alpha value is -0.740. The molecule has 1 heterocycles. The molecule has 2 rings (SSSR count). The summed E-state index contributed by atoms with van der Waals surface area (Å²) in [6.07, 6.45) is 0. The Morgan fingerprint density at radius 3 is 2.40 bits per heavy atom. The summed E-state index contributed by atoms with van der Waals surface area (Å²) in [5, 5.41) is 1.88. The average Bonchev–Trinajstić information content (AvgIpc) is 2.73. The third-order valence-electron chi connectivity index (χ3n) is 3.10. The van der Waals surface area contributed by atoms with Crippen LogP contribution in [0.5, 0.6) is 0 Å². The molecule has 0 N–H and O–H groups in total. The van der Waals surface area contributed by atoms with Crippen LogP contribution in [0.15, 0.2) is 18.2 Å². The van der Waals surface area contributed by atoms with Crippen molar-refractivity contribution in [1.82, 2.24) is 0 Å². The van der Waals surface area contributed by atoms with Crippen molar-refractivity contribution in [2.45, 2.75) is 34.2 Å². The lowest BCUT2D eigenvalue weighted by Gasteiger charge is -2.16. The van der Waals surface area contributed by atoms with Gasteiger partial charge in [-0.1, -0.05) is 11.3 Å². The lowest BCUT2D eigenvalue weighted by atomic mass is 10.3. The van der Waals surface area contributed by atoms with Gasteiger partial charge in [0.15, 0.2) is 0 Å². The Labute approximate surface area is 123 Å². The van der Waals surface area contributed by atoms with Gasteiger partial charge in [0.05, 0.1) is 18.5 Å². The fourth-order valence-electron chi connectivity index (χ4n) is 2.28. The molecular formula is C14H21NO3PS+. The minimum absolute atomic E-state index is 0.369. The summed E-state index contributed by atoms with van der Waals surface area (Å²) in [5.74, 6) is 0. The van der Waals surface area contributed by atoms with Crippen molar-refractivity contribution in [1.29, 1.82) is 0 Å². The number of hydrogen-bond donors (Lipinski definition) is 0. The van der Waals surface area contributed by atoms with Crippen molar-refractivity contribution in [3.05, 3.63) is 23.2 Å². The molecule has 2 aromatic rings. The molecule has 0 saturated carbocycles. The van der Waals surface area contributed by atoms with Gasteiger partial charge in [0.2, 0.25) is 10.5 Å². The molecule has 1 aromatic carbocycles. The molecule has 0 spiro atoms. The van der Waals surface area contributed by atoms with Crippen LogP contribution in [-0.4, -0.2) is 13.2 Å². The highest BCUT2D eigenvalue weighted by Gasteiger charge is 2.28. The molecule has 0 bridgehead atoms. The summed E-state index contributed by atoms with van der Waals surface area (Å²) in [5.41, 5.74) is 1.17. The van der Waals surface area contributed by atoms with E-state index < -0.39 is 7.60 Å². The van der Waals surface area contributed by atoms with Gasteiger partial charge < -0.3 is 9.05 Å². The van der Waals surface area contributed by atoms with E-state index in [0.29, 0.717) is 18.5 Å². The molecule has 4 nitrogen and oxygen atoms in total. The number of fused-ring (bicyclic) bond motifs is 1. The van der Waals surface area contributed by atoms with Crippen molar-refractivity contribution in [2.75, 3.05) is 13.2 Å². The second kappa shape index (κ2) is 6.35. The average molecular weight is 314 g/mol. The quantitative estimate of drug-likeness (QED) is 0.606. The van der Waals surface area contributed by atoms with Gasteiger partial charge in [0.25, 0.3) is 0 Å². The van der Waals surface area contributed by atoms with Crippen molar-refractivity contribution in [2.24, 2.45) is 0 Å². The van der Waals surface area contributed by atoms with Crippen LogP contribution in [0.3, 0.4) is 0 Å². The van der Waals surface area contributed by atoms with E-state index in [9.17, 15) is 4.57 Å². The highest BCUT2D eigenvalue weighted by atomic mass is 32.1. The van der Waals surface area contributed by atoms with Crippen LogP contribution in [-0.2, 0) is 20.2 Å². The van der Waals surface area contributed by atoms with Crippen LogP contribution in [0.4, 0.5) is 0 Å². The standard InChI is InChI=1S/C14H21NO3PS/c1-5-15-11(4)20-14-10-12(8-9-13(14)15)19(16,17-6-2)18-7-3/h8-10H,5-7H2,1-4H3/q+1. The van der Waals surface area contributed by atoms with Gasteiger partial charge >= 0.3 is 7.60 Å². The number of benzene rings is 1. The minimum Gasteiger partial charge on any atom is -0.305 e. The summed E-state index contributed by atoms with van der Waals surface area (Å²) < 4.78 is 26.9. The molecule has 0 radical (unpaired) electrons. The first-order valence-corrected chi connectivity index (χ1v) is 9.24. The van der Waals surface area contributed by atoms with E-state index in [1.165, 1.54) is 10.5 Å². The number of hydrogen-bond acceptors (Lipinski definition) is 4. The van der Waals surface area contributed by atoms with Crippen LogP contribution >= 0.6 is 18.9 Å². The predicted octanol–water partition coefficient (Wildman–Crippen LogP) is 3.41. The molecule has 0 amide bonds. The van der Waals surface area contributed by atoms with Gasteiger partial charge in [-0.3, -0.25) is 4.57 Å². The smallest absolute Gasteiger partial charge is 0.305 e. The first-order chi connectivity index (χ1) is 9.55. The first kappa shape index (κ1) is 15.6. The molecule has 0 aliphatic heterocycles. The van der Waals surface area contributed by atoms with Crippen molar-refractivity contribution in [3.63, 3.8) is 0 Å². The zero-order valence-corrected chi connectivity index (χ0v) is 14.1. The SMILES string of the molecule is CCOP(=O)(OCC)c1ccc2c(c1)sc(C)[n+]2CC. The molecule has 1 aromatic heterocycles. The van der Waals surface area contributed by atoms with E-state index in [2.05, 4.69) is 18.4 Å². The Morgan fingerprint density at radius 2 is 1.85 bits per heavy atom. The second-order valence-electron chi connectivity index (χ2n) is 4.35. The van der Waals surface area contributed by atoms with Gasteiger partial charge in [0, 0.05) is 13.0 Å². The van der Waals surface area contributed by atoms with Crippen LogP contribution in [0, 0.1) is 6.92 Å². The summed E-state index contributed by atoms with van der Waals surface area (Å²) >= 11 is 1.70. The number of aryl methyl sites for hydroxylation is 2. The van der Waals surface area contributed by atoms with E-state index in [1.807, 2.05) is 32.0 Å². The minimum atomic E-state index is -3.19. The summed E-state index contributed by atoms with van der Waals surface area (Å²) in [6.45, 7) is 9.53. The molecule has 0 aliphatic rings. The maximum atomic E-state index is 12.8. The highest BCUT2D eigenvalue weighted by molar-refractivity contribution is 7.62. The Morgan fingerprint density at radius 1 is 1.20 bits per heavy atom. The summed E-state index contributed by atoms with van der Waals surface area (Å²) in [4.78, 5) is 0. The first-order valence-electron chi connectivity index (χ1n) is 6.88. The monoisotopic (exact) mass is 314 g/mol. The zero-order valence-electron chi connectivity index (χ0n) is 12.4. The Balaban J connectivity index is 2.53. The summed E-state index contributed by atoms with van der Waals surface area (Å²) in [7, 11) is -3.19. The van der Waals surface area contributed by atoms with Gasteiger partial charge in [-0.2, -0.15) is 4.57 Å². The molecule has 6 heteroatoms. The largest absolute Gasteiger partial charge is 0.361 e. The van der Waals surface area contributed by atoms with E-state index in [1.54, 1.807) is 11.3 Å². The van der Waals surface area contributed by atoms with Crippen LogP contribution in [0.25, 0.3) is 10.2 Å². The number of aromatic nitrogens is 1. The number of rotatable bonds is 6. The second-order valence-corrected chi connectivity index (χ2v) is 7.61. The van der Waals surface area contributed by atoms with E-state index >= 15 is 0 Å². The fraction of sp³-hybridized carbons (Fsp3) is 0.500. The Kier molecular flexibility index (Phi) is 4.97. The lowest BCUT2D eigenvalue weighted by Crippen LogP contribution is -2.33. The van der Waals surface area contributed by atoms with E-state index in [4.69, 9.17) is 9.05 Å². The Bertz CT molecular complexity index is 643. The number of nitrogens with zero attached hydrogens (tertiary/aromatic N) is 1. The van der Waals surface area contributed by atoms with Gasteiger partial charge in [-0.25, -0.2) is 0 Å². The van der Waals surface area contributed by atoms with Crippen LogP contribution in [0.1, 0.15) is 25.8 Å². The van der Waals surface area contributed by atoms with Crippen LogP contribution in [0.2, 0.25) is 0 Å². The molecule has 0 aliphatic carbocycles. The van der Waals surface area contributed by atoms with Crippen molar-refractivity contribution in [3.8, 4) is 0 Å². The van der Waals surface area contributed by atoms with Crippen LogP contribution < -0.4 is 9.87 Å². The van der Waals surface area contributed by atoms with Gasteiger partial charge in [-0.15, -0.1) is 0 Å². The van der Waals surface area contributed by atoms with E-state index in [-0.39, 0.29) is 0 Å². The fourth-order valence-corrected chi connectivity index (χ4v) is 5.09. The highest BCUT2D eigenvalue weighted by Crippen LogP contribution is 2.47. The summed E-state index contributed by atoms with van der Waals surface area (Å²) in [6, 6.07) is 5.79. The molecule has 110 valence electrons. The lowest BCUT2D eigenvalue weighted by molar-refractivity contribution is -0.669. The molecule has 0 fully saturated rings. The topological polar surface area (TPSA) is 39.4 Å². The normalized spacial score (nSPS) is 12.2. The van der Waals surface area contributed by atoms with Gasteiger partial charge in [0.1, 0.15) is 11.2 Å². The predicted molar refractivity (Wildman–Crippen MR) is 82.9 cm³/mol. The number of thiazole rings is 1.